The molecule has 2 aromatic carbocycles. The lowest BCUT2D eigenvalue weighted by atomic mass is 9.89. The number of nitrogens with zero attached hydrogens (tertiary/aromatic N) is 1. The average molecular weight is 376 g/mol. The molecule has 1 heterocycles. The summed E-state index contributed by atoms with van der Waals surface area (Å²) in [5.74, 6) is -0.00406. The summed E-state index contributed by atoms with van der Waals surface area (Å²) < 4.78 is 18.5. The maximum Gasteiger partial charge on any atom is 0.260 e. The number of rotatable bonds is 5. The largest absolute Gasteiger partial charge is 0.484 e. The van der Waals surface area contributed by atoms with Crippen molar-refractivity contribution in [3.63, 3.8) is 0 Å². The maximum atomic E-state index is 13.0. The molecule has 0 spiro atoms. The predicted octanol–water partition coefficient (Wildman–Crippen LogP) is 3.98. The van der Waals surface area contributed by atoms with Gasteiger partial charge in [-0.1, -0.05) is 11.6 Å². The van der Waals surface area contributed by atoms with E-state index in [-0.39, 0.29) is 30.0 Å². The minimum Gasteiger partial charge on any atom is -0.484 e. The Hall–Kier alpha value is -2.40. The van der Waals surface area contributed by atoms with E-state index in [2.05, 4.69) is 0 Å². The molecule has 0 aliphatic carbocycles. The number of likely N-dealkylation sites (tertiary alicyclic amines) is 1. The summed E-state index contributed by atoms with van der Waals surface area (Å²) in [5, 5.41) is 0.608. The molecule has 0 N–H and O–H groups in total. The third-order valence-electron chi connectivity index (χ3n) is 4.52. The monoisotopic (exact) mass is 375 g/mol. The zero-order valence-corrected chi connectivity index (χ0v) is 14.9. The maximum absolute atomic E-state index is 13.0. The highest BCUT2D eigenvalue weighted by Crippen LogP contribution is 2.22. The molecule has 0 saturated carbocycles. The van der Waals surface area contributed by atoms with Crippen molar-refractivity contribution in [3.8, 4) is 5.75 Å². The van der Waals surface area contributed by atoms with Crippen LogP contribution in [0, 0.1) is 11.7 Å². The number of piperidine rings is 1. The van der Waals surface area contributed by atoms with Gasteiger partial charge in [-0.05, 0) is 61.4 Å². The van der Waals surface area contributed by atoms with Crippen molar-refractivity contribution in [2.24, 2.45) is 5.92 Å². The highest BCUT2D eigenvalue weighted by Gasteiger charge is 2.28. The van der Waals surface area contributed by atoms with Crippen molar-refractivity contribution in [1.82, 2.24) is 4.90 Å². The smallest absolute Gasteiger partial charge is 0.260 e. The van der Waals surface area contributed by atoms with Crippen LogP contribution in [0.25, 0.3) is 0 Å². The van der Waals surface area contributed by atoms with Crippen LogP contribution in [0.4, 0.5) is 4.39 Å². The van der Waals surface area contributed by atoms with Crippen LogP contribution < -0.4 is 4.74 Å². The van der Waals surface area contributed by atoms with E-state index < -0.39 is 0 Å². The highest BCUT2D eigenvalue weighted by atomic mass is 35.5. The second-order valence-corrected chi connectivity index (χ2v) is 6.71. The second kappa shape index (κ2) is 8.32. The lowest BCUT2D eigenvalue weighted by Gasteiger charge is -2.31. The number of ether oxygens (including phenoxy) is 1. The standard InChI is InChI=1S/C20H19ClFNO3/c21-16-3-7-18(8-4-16)26-13-19(24)23-11-9-15(10-12-23)20(25)14-1-5-17(22)6-2-14/h1-8,15H,9-13H2. The Bertz CT molecular complexity index is 769. The van der Waals surface area contributed by atoms with Crippen LogP contribution in [-0.4, -0.2) is 36.3 Å². The zero-order valence-electron chi connectivity index (χ0n) is 14.2. The zero-order chi connectivity index (χ0) is 18.5. The Morgan fingerprint density at radius 3 is 2.27 bits per heavy atom. The number of amides is 1. The van der Waals surface area contributed by atoms with Gasteiger partial charge in [0.1, 0.15) is 11.6 Å². The van der Waals surface area contributed by atoms with Gasteiger partial charge in [0.05, 0.1) is 0 Å². The second-order valence-electron chi connectivity index (χ2n) is 6.27. The first-order valence-corrected chi connectivity index (χ1v) is 8.86. The first-order chi connectivity index (χ1) is 12.5. The van der Waals surface area contributed by atoms with E-state index in [9.17, 15) is 14.0 Å². The number of Topliss-reactive ketones (excluding diaryl/α,β-unsaturated/α-hetero) is 1. The molecule has 1 aliphatic rings. The van der Waals surface area contributed by atoms with Crippen LogP contribution in [0.2, 0.25) is 5.02 Å². The van der Waals surface area contributed by atoms with Crippen molar-refractivity contribution in [2.45, 2.75) is 12.8 Å². The lowest BCUT2D eigenvalue weighted by molar-refractivity contribution is -0.134. The van der Waals surface area contributed by atoms with E-state index in [1.807, 2.05) is 0 Å². The van der Waals surface area contributed by atoms with Gasteiger partial charge in [0.2, 0.25) is 0 Å². The van der Waals surface area contributed by atoms with E-state index in [1.54, 1.807) is 29.2 Å². The molecule has 2 aromatic rings. The normalized spacial score (nSPS) is 14.9. The van der Waals surface area contributed by atoms with Gasteiger partial charge < -0.3 is 9.64 Å². The molecule has 3 rings (SSSR count). The number of hydrogen-bond acceptors (Lipinski definition) is 3. The minimum absolute atomic E-state index is 0.00881. The fourth-order valence-corrected chi connectivity index (χ4v) is 3.13. The summed E-state index contributed by atoms with van der Waals surface area (Å²) in [6, 6.07) is 12.4. The van der Waals surface area contributed by atoms with E-state index in [4.69, 9.17) is 16.3 Å². The van der Waals surface area contributed by atoms with Crippen molar-refractivity contribution in [2.75, 3.05) is 19.7 Å². The number of hydrogen-bond donors (Lipinski definition) is 0. The molecule has 4 nitrogen and oxygen atoms in total. The van der Waals surface area contributed by atoms with Gasteiger partial charge in [-0.2, -0.15) is 0 Å². The molecule has 0 bridgehead atoms. The molecule has 1 fully saturated rings. The Morgan fingerprint density at radius 2 is 1.65 bits per heavy atom. The lowest BCUT2D eigenvalue weighted by Crippen LogP contribution is -2.42. The Kier molecular flexibility index (Phi) is 5.89. The number of carbonyl (C=O) groups is 2. The molecule has 6 heteroatoms. The van der Waals surface area contributed by atoms with Crippen molar-refractivity contribution >= 4 is 23.3 Å². The van der Waals surface area contributed by atoms with E-state index in [1.165, 1.54) is 24.3 Å². The molecular weight excluding hydrogens is 357 g/mol. The Labute approximate surface area is 156 Å². The first kappa shape index (κ1) is 18.4. The topological polar surface area (TPSA) is 46.6 Å². The molecule has 0 unspecified atom stereocenters. The molecule has 136 valence electrons. The fraction of sp³-hybridized carbons (Fsp3) is 0.300. The molecule has 0 aromatic heterocycles. The molecule has 1 aliphatic heterocycles. The summed E-state index contributed by atoms with van der Waals surface area (Å²) in [7, 11) is 0. The van der Waals surface area contributed by atoms with Gasteiger partial charge >= 0.3 is 0 Å². The third-order valence-corrected chi connectivity index (χ3v) is 4.78. The quantitative estimate of drug-likeness (QED) is 0.742. The van der Waals surface area contributed by atoms with Gasteiger partial charge in [0.25, 0.3) is 5.91 Å². The van der Waals surface area contributed by atoms with E-state index in [0.717, 1.165) is 0 Å². The first-order valence-electron chi connectivity index (χ1n) is 8.49. The van der Waals surface area contributed by atoms with Gasteiger partial charge in [0.15, 0.2) is 12.4 Å². The predicted molar refractivity (Wildman–Crippen MR) is 97.0 cm³/mol. The van der Waals surface area contributed by atoms with Crippen molar-refractivity contribution < 1.29 is 18.7 Å². The van der Waals surface area contributed by atoms with Gasteiger partial charge in [-0.25, -0.2) is 4.39 Å². The van der Waals surface area contributed by atoms with Gasteiger partial charge in [-0.3, -0.25) is 9.59 Å². The molecule has 0 radical (unpaired) electrons. The SMILES string of the molecule is O=C(c1ccc(F)cc1)C1CCN(C(=O)COc2ccc(Cl)cc2)CC1. The van der Waals surface area contributed by atoms with Crippen LogP contribution in [0.5, 0.6) is 5.75 Å². The van der Waals surface area contributed by atoms with E-state index >= 15 is 0 Å². The van der Waals surface area contributed by atoms with Gasteiger partial charge in [-0.15, -0.1) is 0 Å². The minimum atomic E-state index is -0.359. The van der Waals surface area contributed by atoms with Crippen molar-refractivity contribution in [1.29, 1.82) is 0 Å². The van der Waals surface area contributed by atoms with Crippen molar-refractivity contribution in [3.05, 3.63) is 64.9 Å². The number of carbonyl (C=O) groups excluding carboxylic acids is 2. The number of benzene rings is 2. The van der Waals surface area contributed by atoms with Crippen LogP contribution in [0.1, 0.15) is 23.2 Å². The fourth-order valence-electron chi connectivity index (χ4n) is 3.01. The summed E-state index contributed by atoms with van der Waals surface area (Å²) in [5.41, 5.74) is 0.516. The van der Waals surface area contributed by atoms with Crippen LogP contribution >= 0.6 is 11.6 Å². The van der Waals surface area contributed by atoms with Crippen LogP contribution in [0.15, 0.2) is 48.5 Å². The highest BCUT2D eigenvalue weighted by molar-refractivity contribution is 6.30. The summed E-state index contributed by atoms with van der Waals surface area (Å²) in [6.07, 6.45) is 1.20. The Morgan fingerprint density at radius 1 is 1.04 bits per heavy atom. The van der Waals surface area contributed by atoms with Crippen LogP contribution in [0.3, 0.4) is 0 Å². The molecule has 1 saturated heterocycles. The average Bonchev–Trinajstić information content (AvgIpc) is 2.67. The van der Waals surface area contributed by atoms with Crippen LogP contribution in [-0.2, 0) is 4.79 Å². The molecular formula is C20H19ClFNO3. The van der Waals surface area contributed by atoms with Gasteiger partial charge in [0, 0.05) is 29.6 Å². The molecule has 26 heavy (non-hydrogen) atoms. The summed E-state index contributed by atoms with van der Waals surface area (Å²) in [4.78, 5) is 26.4. The Balaban J connectivity index is 1.48. The summed E-state index contributed by atoms with van der Waals surface area (Å²) in [6.45, 7) is 0.985. The number of halogens is 2. The van der Waals surface area contributed by atoms with E-state index in [0.29, 0.717) is 42.3 Å². The number of ketones is 1. The molecule has 0 atom stereocenters. The third kappa shape index (κ3) is 4.61. The molecule has 1 amide bonds. The summed E-state index contributed by atoms with van der Waals surface area (Å²) >= 11 is 5.81.